The van der Waals surface area contributed by atoms with E-state index in [-0.39, 0.29) is 0 Å². The standard InChI is InChI=1S/C16H23F3N2.C5H5NS/c1-2-3-4-8-20-9-11-21(12-10-20)15-7-5-6-14(13-15)16(17,18)19;7-5-3-1-2-4-6-5/h5-7,13H,2-4,8-12H2,1H3;1-4H,(H,6,7). The minimum absolute atomic E-state index is 0.564. The van der Waals surface area contributed by atoms with Gasteiger partial charge in [-0.1, -0.05) is 31.9 Å². The van der Waals surface area contributed by atoms with Gasteiger partial charge >= 0.3 is 6.18 Å². The summed E-state index contributed by atoms with van der Waals surface area (Å²) < 4.78 is 38.2. The highest BCUT2D eigenvalue weighted by molar-refractivity contribution is 7.80. The number of hydrogen-bond donors (Lipinski definition) is 1. The van der Waals surface area contributed by atoms with Crippen LogP contribution in [0.4, 0.5) is 18.9 Å². The lowest BCUT2D eigenvalue weighted by Gasteiger charge is -2.36. The molecule has 0 saturated carbocycles. The number of piperazine rings is 1. The number of anilines is 1. The first kappa shape index (κ1) is 22.6. The van der Waals surface area contributed by atoms with Crippen molar-refractivity contribution in [2.75, 3.05) is 37.6 Å². The first-order valence-corrected chi connectivity index (χ1v) is 10.1. The Kier molecular flexibility index (Phi) is 9.12. The molecule has 1 aromatic heterocycles. The van der Waals surface area contributed by atoms with Crippen LogP contribution in [0, 0.1) is 0 Å². The molecule has 7 heteroatoms. The largest absolute Gasteiger partial charge is 0.416 e. The predicted octanol–water partition coefficient (Wildman–Crippen LogP) is 5.39. The van der Waals surface area contributed by atoms with Crippen molar-refractivity contribution in [3.05, 3.63) is 54.2 Å². The van der Waals surface area contributed by atoms with Crippen LogP contribution >= 0.6 is 12.6 Å². The van der Waals surface area contributed by atoms with Crippen LogP contribution in [0.15, 0.2) is 53.7 Å². The maximum Gasteiger partial charge on any atom is 0.416 e. The van der Waals surface area contributed by atoms with E-state index in [0.29, 0.717) is 5.69 Å². The third kappa shape index (κ3) is 7.72. The van der Waals surface area contributed by atoms with Gasteiger partial charge in [0.05, 0.1) is 10.6 Å². The van der Waals surface area contributed by atoms with E-state index in [4.69, 9.17) is 0 Å². The molecule has 0 N–H and O–H groups in total. The summed E-state index contributed by atoms with van der Waals surface area (Å²) in [6, 6.07) is 11.2. The zero-order valence-electron chi connectivity index (χ0n) is 16.2. The molecule has 0 atom stereocenters. The van der Waals surface area contributed by atoms with Crippen molar-refractivity contribution >= 4 is 18.3 Å². The smallest absolute Gasteiger partial charge is 0.369 e. The van der Waals surface area contributed by atoms with E-state index < -0.39 is 11.7 Å². The Morgan fingerprint density at radius 3 is 2.29 bits per heavy atom. The molecule has 0 bridgehead atoms. The molecule has 2 heterocycles. The number of benzene rings is 1. The van der Waals surface area contributed by atoms with Crippen molar-refractivity contribution in [3.8, 4) is 0 Å². The lowest BCUT2D eigenvalue weighted by molar-refractivity contribution is -0.137. The Labute approximate surface area is 171 Å². The number of alkyl halides is 3. The maximum atomic E-state index is 12.7. The number of pyridine rings is 1. The summed E-state index contributed by atoms with van der Waals surface area (Å²) in [4.78, 5) is 8.29. The van der Waals surface area contributed by atoms with Crippen LogP contribution in [-0.4, -0.2) is 42.6 Å². The van der Waals surface area contributed by atoms with Gasteiger partial charge in [-0.15, -0.1) is 12.6 Å². The molecule has 3 nitrogen and oxygen atoms in total. The fourth-order valence-electron chi connectivity index (χ4n) is 3.05. The zero-order valence-corrected chi connectivity index (χ0v) is 17.1. The van der Waals surface area contributed by atoms with Gasteiger partial charge in [0, 0.05) is 38.1 Å². The molecule has 1 fully saturated rings. The average molecular weight is 412 g/mol. The highest BCUT2D eigenvalue weighted by atomic mass is 32.1. The van der Waals surface area contributed by atoms with E-state index in [2.05, 4.69) is 29.4 Å². The maximum absolute atomic E-state index is 12.7. The molecular weight excluding hydrogens is 383 g/mol. The van der Waals surface area contributed by atoms with Gasteiger partial charge in [0.1, 0.15) is 0 Å². The third-order valence-electron chi connectivity index (χ3n) is 4.64. The third-order valence-corrected chi connectivity index (χ3v) is 4.90. The van der Waals surface area contributed by atoms with Crippen LogP contribution in [0.3, 0.4) is 0 Å². The van der Waals surface area contributed by atoms with Crippen molar-refractivity contribution < 1.29 is 13.2 Å². The lowest BCUT2D eigenvalue weighted by Crippen LogP contribution is -2.46. The molecule has 0 amide bonds. The van der Waals surface area contributed by atoms with Gasteiger partial charge in [-0.3, -0.25) is 9.88 Å². The number of nitrogens with zero attached hydrogens (tertiary/aromatic N) is 3. The Morgan fingerprint density at radius 2 is 1.75 bits per heavy atom. The highest BCUT2D eigenvalue weighted by Gasteiger charge is 2.31. The number of hydrogen-bond acceptors (Lipinski definition) is 4. The summed E-state index contributed by atoms with van der Waals surface area (Å²) in [6.07, 6.45) is 1.11. The average Bonchev–Trinajstić information content (AvgIpc) is 2.69. The topological polar surface area (TPSA) is 19.4 Å². The normalized spacial score (nSPS) is 15.1. The number of halogens is 3. The Bertz CT molecular complexity index is 687. The van der Waals surface area contributed by atoms with Crippen molar-refractivity contribution in [2.24, 2.45) is 0 Å². The van der Waals surface area contributed by atoms with Gasteiger partial charge < -0.3 is 4.90 Å². The van der Waals surface area contributed by atoms with E-state index in [9.17, 15) is 13.2 Å². The van der Waals surface area contributed by atoms with Crippen molar-refractivity contribution in [1.82, 2.24) is 9.88 Å². The van der Waals surface area contributed by atoms with Crippen LogP contribution in [-0.2, 0) is 6.18 Å². The second-order valence-electron chi connectivity index (χ2n) is 6.77. The number of thiol groups is 1. The molecule has 28 heavy (non-hydrogen) atoms. The van der Waals surface area contributed by atoms with Crippen LogP contribution in [0.1, 0.15) is 31.7 Å². The van der Waals surface area contributed by atoms with Gasteiger partial charge in [0.25, 0.3) is 0 Å². The quantitative estimate of drug-likeness (QED) is 0.526. The highest BCUT2D eigenvalue weighted by Crippen LogP contribution is 2.31. The minimum atomic E-state index is -4.27. The van der Waals surface area contributed by atoms with E-state index in [1.165, 1.54) is 31.4 Å². The van der Waals surface area contributed by atoms with E-state index in [1.807, 2.05) is 23.1 Å². The number of aromatic nitrogens is 1. The predicted molar refractivity (Wildman–Crippen MR) is 111 cm³/mol. The molecule has 1 saturated heterocycles. The fourth-order valence-corrected chi connectivity index (χ4v) is 3.20. The summed E-state index contributed by atoms with van der Waals surface area (Å²) in [5.74, 6) is 0. The van der Waals surface area contributed by atoms with Crippen LogP contribution in [0.2, 0.25) is 0 Å². The number of unbranched alkanes of at least 4 members (excludes halogenated alkanes) is 2. The molecule has 2 aromatic rings. The molecule has 0 spiro atoms. The second kappa shape index (κ2) is 11.3. The first-order valence-electron chi connectivity index (χ1n) is 9.64. The Hall–Kier alpha value is -1.73. The first-order chi connectivity index (χ1) is 13.4. The molecule has 1 aromatic carbocycles. The summed E-state index contributed by atoms with van der Waals surface area (Å²) in [5, 5.41) is 0.766. The van der Waals surface area contributed by atoms with Gasteiger partial charge in [-0.05, 0) is 43.3 Å². The molecule has 3 rings (SSSR count). The Balaban J connectivity index is 0.000000336. The summed E-state index contributed by atoms with van der Waals surface area (Å²) in [6.45, 7) is 6.75. The summed E-state index contributed by atoms with van der Waals surface area (Å²) >= 11 is 3.97. The van der Waals surface area contributed by atoms with Gasteiger partial charge in [0.15, 0.2) is 0 Å². The number of rotatable bonds is 5. The van der Waals surface area contributed by atoms with Gasteiger partial charge in [-0.25, -0.2) is 0 Å². The van der Waals surface area contributed by atoms with E-state index in [0.717, 1.165) is 43.8 Å². The van der Waals surface area contributed by atoms with Crippen molar-refractivity contribution in [2.45, 2.75) is 37.4 Å². The summed E-state index contributed by atoms with van der Waals surface area (Å²) in [7, 11) is 0. The fraction of sp³-hybridized carbons (Fsp3) is 0.476. The van der Waals surface area contributed by atoms with Crippen LogP contribution in [0.5, 0.6) is 0 Å². The molecule has 1 aliphatic heterocycles. The van der Waals surface area contributed by atoms with Crippen molar-refractivity contribution in [3.63, 3.8) is 0 Å². The summed E-state index contributed by atoms with van der Waals surface area (Å²) in [5.41, 5.74) is 0.114. The van der Waals surface area contributed by atoms with Gasteiger partial charge in [-0.2, -0.15) is 13.2 Å². The SMILES string of the molecule is CCCCCN1CCN(c2cccc(C(F)(F)F)c2)CC1.Sc1ccccn1. The molecule has 1 aliphatic rings. The van der Waals surface area contributed by atoms with Crippen LogP contribution < -0.4 is 4.90 Å². The van der Waals surface area contributed by atoms with Crippen LogP contribution in [0.25, 0.3) is 0 Å². The Morgan fingerprint density at radius 1 is 1.00 bits per heavy atom. The van der Waals surface area contributed by atoms with Crippen molar-refractivity contribution in [1.29, 1.82) is 0 Å². The molecule has 0 unspecified atom stereocenters. The molecule has 0 radical (unpaired) electrons. The molecule has 154 valence electrons. The lowest BCUT2D eigenvalue weighted by atomic mass is 10.1. The monoisotopic (exact) mass is 411 g/mol. The molecular formula is C21H28F3N3S. The zero-order chi connectivity index (χ0) is 20.4. The van der Waals surface area contributed by atoms with E-state index in [1.54, 1.807) is 12.3 Å². The van der Waals surface area contributed by atoms with E-state index >= 15 is 0 Å². The second-order valence-corrected chi connectivity index (χ2v) is 7.23. The molecule has 0 aliphatic carbocycles. The van der Waals surface area contributed by atoms with Gasteiger partial charge in [0.2, 0.25) is 0 Å². The minimum Gasteiger partial charge on any atom is -0.369 e.